The van der Waals surface area contributed by atoms with Gasteiger partial charge in [0.15, 0.2) is 5.41 Å². The van der Waals surface area contributed by atoms with E-state index in [1.165, 1.54) is 13.8 Å². The number of ether oxygens (including phenoxy) is 2. The Bertz CT molecular complexity index is 540. The molecule has 28 heavy (non-hydrogen) atoms. The van der Waals surface area contributed by atoms with Crippen LogP contribution in [0.3, 0.4) is 0 Å². The molecule has 0 aromatic carbocycles. The van der Waals surface area contributed by atoms with Crippen molar-refractivity contribution < 1.29 is 58.6 Å². The van der Waals surface area contributed by atoms with Crippen LogP contribution in [-0.4, -0.2) is 49.1 Å². The third kappa shape index (κ3) is 4.65. The first-order valence-corrected chi connectivity index (χ1v) is 8.03. The third-order valence-corrected chi connectivity index (χ3v) is 4.01. The van der Waals surface area contributed by atoms with E-state index in [9.17, 15) is 49.1 Å². The molecule has 0 radical (unpaired) electrons. The number of hydrogen-bond donors (Lipinski definition) is 0. The Hall–Kier alpha value is -1.69. The van der Waals surface area contributed by atoms with Gasteiger partial charge >= 0.3 is 35.9 Å². The van der Waals surface area contributed by atoms with Gasteiger partial charge in [0.05, 0.1) is 13.2 Å². The average molecular weight is 434 g/mol. The number of rotatable bonds is 10. The lowest BCUT2D eigenvalue weighted by Gasteiger charge is -2.35. The summed E-state index contributed by atoms with van der Waals surface area (Å²) in [5.74, 6) is -22.7. The highest BCUT2D eigenvalue weighted by atomic mass is 19.4. The fraction of sp³-hybridized carbons (Fsp3) is 0.867. The van der Waals surface area contributed by atoms with Crippen molar-refractivity contribution >= 4 is 11.9 Å². The molecule has 4 nitrogen and oxygen atoms in total. The normalized spacial score (nSPS) is 14.0. The summed E-state index contributed by atoms with van der Waals surface area (Å²) in [4.78, 5) is 24.1. The van der Waals surface area contributed by atoms with Gasteiger partial charge in [0.25, 0.3) is 0 Å². The lowest BCUT2D eigenvalue weighted by atomic mass is 9.78. The van der Waals surface area contributed by atoms with E-state index in [2.05, 4.69) is 9.47 Å². The number of carbonyl (C=O) groups is 2. The Kier molecular flexibility index (Phi) is 8.24. The van der Waals surface area contributed by atoms with Crippen LogP contribution in [0.15, 0.2) is 0 Å². The van der Waals surface area contributed by atoms with E-state index >= 15 is 0 Å². The number of halogens is 9. The Balaban J connectivity index is 5.93. The van der Waals surface area contributed by atoms with Crippen molar-refractivity contribution in [3.05, 3.63) is 0 Å². The van der Waals surface area contributed by atoms with Crippen molar-refractivity contribution in [2.45, 2.75) is 64.0 Å². The predicted octanol–water partition coefficient (Wildman–Crippen LogP) is 4.76. The summed E-state index contributed by atoms with van der Waals surface area (Å²) in [6.45, 7) is 2.96. The van der Waals surface area contributed by atoms with Gasteiger partial charge in [0, 0.05) is 6.42 Å². The number of esters is 2. The van der Waals surface area contributed by atoms with Crippen LogP contribution >= 0.6 is 0 Å². The highest BCUT2D eigenvalue weighted by Gasteiger charge is 2.81. The van der Waals surface area contributed by atoms with E-state index < -0.39 is 60.6 Å². The molecular formula is C15H19F9O4. The first kappa shape index (κ1) is 26.3. The molecule has 0 aliphatic rings. The van der Waals surface area contributed by atoms with Gasteiger partial charge in [-0.15, -0.1) is 0 Å². The lowest BCUT2D eigenvalue weighted by Crippen LogP contribution is -2.61. The molecule has 0 fully saturated rings. The maximum atomic E-state index is 13.8. The zero-order valence-corrected chi connectivity index (χ0v) is 15.1. The fourth-order valence-corrected chi connectivity index (χ4v) is 2.23. The average Bonchev–Trinajstić information content (AvgIpc) is 2.54. The molecule has 0 heterocycles. The van der Waals surface area contributed by atoms with Gasteiger partial charge < -0.3 is 9.47 Å². The largest absolute Gasteiger partial charge is 0.465 e. The van der Waals surface area contributed by atoms with E-state index in [-0.39, 0.29) is 13.2 Å². The van der Waals surface area contributed by atoms with Gasteiger partial charge in [-0.2, -0.15) is 39.5 Å². The van der Waals surface area contributed by atoms with Crippen molar-refractivity contribution in [3.63, 3.8) is 0 Å². The second-order valence-electron chi connectivity index (χ2n) is 5.73. The Labute approximate surface area is 154 Å². The van der Waals surface area contributed by atoms with Crippen LogP contribution in [0, 0.1) is 5.41 Å². The fourth-order valence-electron chi connectivity index (χ4n) is 2.23. The van der Waals surface area contributed by atoms with Crippen LogP contribution in [0.1, 0.15) is 40.0 Å². The highest BCUT2D eigenvalue weighted by molar-refractivity contribution is 6.00. The van der Waals surface area contributed by atoms with Crippen LogP contribution in [-0.2, 0) is 19.1 Å². The summed E-state index contributed by atoms with van der Waals surface area (Å²) in [5.41, 5.74) is -2.57. The molecule has 0 aliphatic heterocycles. The van der Waals surface area contributed by atoms with Crippen molar-refractivity contribution in [2.24, 2.45) is 5.41 Å². The molecule has 0 aromatic heterocycles. The van der Waals surface area contributed by atoms with E-state index in [1.54, 1.807) is 0 Å². The Morgan fingerprint density at radius 3 is 1.36 bits per heavy atom. The summed E-state index contributed by atoms with van der Waals surface area (Å²) in [6, 6.07) is 0. The monoisotopic (exact) mass is 434 g/mol. The molecule has 0 saturated carbocycles. The first-order chi connectivity index (χ1) is 12.5. The molecular weight excluding hydrogens is 415 g/mol. The van der Waals surface area contributed by atoms with E-state index in [4.69, 9.17) is 0 Å². The van der Waals surface area contributed by atoms with Crippen LogP contribution in [0.4, 0.5) is 39.5 Å². The molecule has 0 atom stereocenters. The molecule has 166 valence electrons. The van der Waals surface area contributed by atoms with E-state index in [0.29, 0.717) is 0 Å². The zero-order chi connectivity index (χ0) is 22.6. The molecule has 0 aliphatic carbocycles. The van der Waals surface area contributed by atoms with Crippen molar-refractivity contribution in [2.75, 3.05) is 13.2 Å². The van der Waals surface area contributed by atoms with Gasteiger partial charge in [-0.05, 0) is 26.7 Å². The molecule has 13 heteroatoms. The standard InChI is InChI=1S/C15H19F9O4/c1-4-11(9(25)27-5-2,10(26)28-6-3)7-8-12(16,17)13(18,19)14(20,21)15(22,23)24/h4-8H2,1-3H3. The van der Waals surface area contributed by atoms with Gasteiger partial charge in [-0.3, -0.25) is 9.59 Å². The molecule has 0 unspecified atom stereocenters. The van der Waals surface area contributed by atoms with Gasteiger partial charge in [-0.25, -0.2) is 0 Å². The SMILES string of the molecule is CCOC(=O)C(CC)(CCC(F)(F)C(F)(F)C(F)(F)C(F)(F)F)C(=O)OCC. The van der Waals surface area contributed by atoms with E-state index in [0.717, 1.165) is 6.92 Å². The second kappa shape index (κ2) is 8.76. The molecule has 0 bridgehead atoms. The molecule has 0 N–H and O–H groups in total. The third-order valence-electron chi connectivity index (χ3n) is 4.01. The summed E-state index contributed by atoms with van der Waals surface area (Å²) in [5, 5.41) is 0. The molecule has 0 spiro atoms. The van der Waals surface area contributed by atoms with Crippen molar-refractivity contribution in [3.8, 4) is 0 Å². The van der Waals surface area contributed by atoms with Crippen LogP contribution in [0.5, 0.6) is 0 Å². The van der Waals surface area contributed by atoms with Crippen LogP contribution in [0.25, 0.3) is 0 Å². The number of alkyl halides is 9. The zero-order valence-electron chi connectivity index (χ0n) is 15.1. The lowest BCUT2D eigenvalue weighted by molar-refractivity contribution is -0.397. The topological polar surface area (TPSA) is 52.6 Å². The Morgan fingerprint density at radius 1 is 0.679 bits per heavy atom. The van der Waals surface area contributed by atoms with Gasteiger partial charge in [0.2, 0.25) is 0 Å². The van der Waals surface area contributed by atoms with Gasteiger partial charge in [-0.1, -0.05) is 6.92 Å². The van der Waals surface area contributed by atoms with Crippen LogP contribution in [0.2, 0.25) is 0 Å². The maximum Gasteiger partial charge on any atom is 0.460 e. The summed E-state index contributed by atoms with van der Waals surface area (Å²) in [7, 11) is 0. The second-order valence-corrected chi connectivity index (χ2v) is 5.73. The van der Waals surface area contributed by atoms with Gasteiger partial charge in [0.1, 0.15) is 0 Å². The van der Waals surface area contributed by atoms with E-state index in [1.807, 2.05) is 0 Å². The summed E-state index contributed by atoms with van der Waals surface area (Å²) in [6.07, 6.45) is -11.4. The minimum absolute atomic E-state index is 0.349. The van der Waals surface area contributed by atoms with Crippen molar-refractivity contribution in [1.82, 2.24) is 0 Å². The smallest absolute Gasteiger partial charge is 0.460 e. The minimum Gasteiger partial charge on any atom is -0.465 e. The number of carbonyl (C=O) groups excluding carboxylic acids is 2. The summed E-state index contributed by atoms with van der Waals surface area (Å²) < 4.78 is 126. The van der Waals surface area contributed by atoms with Crippen molar-refractivity contribution in [1.29, 1.82) is 0 Å². The summed E-state index contributed by atoms with van der Waals surface area (Å²) >= 11 is 0. The maximum absolute atomic E-state index is 13.8. The quantitative estimate of drug-likeness (QED) is 0.283. The molecule has 0 amide bonds. The minimum atomic E-state index is -7.05. The molecule has 0 aromatic rings. The predicted molar refractivity (Wildman–Crippen MR) is 76.1 cm³/mol. The number of hydrogen-bond acceptors (Lipinski definition) is 4. The van der Waals surface area contributed by atoms with Crippen LogP contribution < -0.4 is 0 Å². The molecule has 0 saturated heterocycles. The molecule has 0 rings (SSSR count). The first-order valence-electron chi connectivity index (χ1n) is 8.03. The Morgan fingerprint density at radius 2 is 1.07 bits per heavy atom. The highest BCUT2D eigenvalue weighted by Crippen LogP contribution is 2.55.